The van der Waals surface area contributed by atoms with Crippen LogP contribution in [-0.4, -0.2) is 22.6 Å². The zero-order chi connectivity index (χ0) is 15.6. The lowest BCUT2D eigenvalue weighted by Gasteiger charge is -2.09. The summed E-state index contributed by atoms with van der Waals surface area (Å²) in [4.78, 5) is 10.8. The Morgan fingerprint density at radius 1 is 1.43 bits per heavy atom. The number of alkyl halides is 3. The molecule has 8 heteroatoms. The average Bonchev–Trinajstić information content (AvgIpc) is 2.68. The molecule has 0 bridgehead atoms. The standard InChI is InChI=1S/C13H10F3NO4/c1-7-10(6-11(18)19)12(17-21-7)8-3-2-4-9(5-8)20-13(14,15)16/h2-5H,6H2,1H3,(H,18,19). The fourth-order valence-corrected chi connectivity index (χ4v) is 1.82. The van der Waals surface area contributed by atoms with Crippen molar-refractivity contribution in [2.24, 2.45) is 0 Å². The Morgan fingerprint density at radius 3 is 2.76 bits per heavy atom. The first kappa shape index (κ1) is 14.9. The minimum Gasteiger partial charge on any atom is -0.481 e. The summed E-state index contributed by atoms with van der Waals surface area (Å²) in [7, 11) is 0. The molecule has 0 radical (unpaired) electrons. The van der Waals surface area contributed by atoms with Gasteiger partial charge >= 0.3 is 12.3 Å². The minimum absolute atomic E-state index is 0.183. The predicted octanol–water partition coefficient (Wildman–Crippen LogP) is 3.18. The van der Waals surface area contributed by atoms with Gasteiger partial charge in [0, 0.05) is 11.1 Å². The zero-order valence-corrected chi connectivity index (χ0v) is 10.8. The van der Waals surface area contributed by atoms with Gasteiger partial charge in [0.25, 0.3) is 0 Å². The summed E-state index contributed by atoms with van der Waals surface area (Å²) in [5.74, 6) is -1.21. The van der Waals surface area contributed by atoms with Crippen LogP contribution in [0.3, 0.4) is 0 Å². The van der Waals surface area contributed by atoms with Crippen LogP contribution >= 0.6 is 0 Å². The number of carboxylic acid groups (broad SMARTS) is 1. The first-order valence-electron chi connectivity index (χ1n) is 5.79. The van der Waals surface area contributed by atoms with Gasteiger partial charge in [0.2, 0.25) is 0 Å². The smallest absolute Gasteiger partial charge is 0.481 e. The molecule has 0 fully saturated rings. The molecule has 21 heavy (non-hydrogen) atoms. The second-order valence-electron chi connectivity index (χ2n) is 4.21. The third-order valence-corrected chi connectivity index (χ3v) is 2.65. The maximum atomic E-state index is 12.2. The third-order valence-electron chi connectivity index (χ3n) is 2.65. The Labute approximate surface area is 116 Å². The number of rotatable bonds is 4. The molecule has 0 atom stereocenters. The van der Waals surface area contributed by atoms with Crippen molar-refractivity contribution in [2.45, 2.75) is 19.7 Å². The summed E-state index contributed by atoms with van der Waals surface area (Å²) in [6.07, 6.45) is -5.14. The highest BCUT2D eigenvalue weighted by Crippen LogP contribution is 2.30. The van der Waals surface area contributed by atoms with E-state index in [0.717, 1.165) is 12.1 Å². The maximum absolute atomic E-state index is 12.2. The maximum Gasteiger partial charge on any atom is 0.573 e. The van der Waals surface area contributed by atoms with Crippen LogP contribution in [0.1, 0.15) is 11.3 Å². The Morgan fingerprint density at radius 2 is 2.14 bits per heavy atom. The Balaban J connectivity index is 2.39. The number of hydrogen-bond donors (Lipinski definition) is 1. The summed E-state index contributed by atoms with van der Waals surface area (Å²) >= 11 is 0. The first-order chi connectivity index (χ1) is 9.76. The average molecular weight is 301 g/mol. The third kappa shape index (κ3) is 3.74. The van der Waals surface area contributed by atoms with Gasteiger partial charge in [-0.2, -0.15) is 0 Å². The molecule has 0 aliphatic carbocycles. The Kier molecular flexibility index (Phi) is 3.88. The SMILES string of the molecule is Cc1onc(-c2cccc(OC(F)(F)F)c2)c1CC(=O)O. The van der Waals surface area contributed by atoms with Crippen LogP contribution in [0, 0.1) is 6.92 Å². The number of benzene rings is 1. The molecule has 2 rings (SSSR count). The molecule has 0 saturated heterocycles. The molecule has 0 aliphatic rings. The van der Waals surface area contributed by atoms with E-state index in [1.807, 2.05) is 0 Å². The topological polar surface area (TPSA) is 72.6 Å². The first-order valence-corrected chi connectivity index (χ1v) is 5.79. The second-order valence-corrected chi connectivity index (χ2v) is 4.21. The fourth-order valence-electron chi connectivity index (χ4n) is 1.82. The highest BCUT2D eigenvalue weighted by atomic mass is 19.4. The quantitative estimate of drug-likeness (QED) is 0.939. The largest absolute Gasteiger partial charge is 0.573 e. The lowest BCUT2D eigenvalue weighted by atomic mass is 10.0. The number of aliphatic carboxylic acids is 1. The number of aryl methyl sites for hydroxylation is 1. The number of carboxylic acids is 1. The highest BCUT2D eigenvalue weighted by molar-refractivity contribution is 5.75. The van der Waals surface area contributed by atoms with Crippen LogP contribution in [-0.2, 0) is 11.2 Å². The summed E-state index contributed by atoms with van der Waals surface area (Å²) in [6, 6.07) is 5.10. The zero-order valence-electron chi connectivity index (χ0n) is 10.8. The van der Waals surface area contributed by atoms with Crippen molar-refractivity contribution in [2.75, 3.05) is 0 Å². The highest BCUT2D eigenvalue weighted by Gasteiger charge is 2.31. The number of hydrogen-bond acceptors (Lipinski definition) is 4. The lowest BCUT2D eigenvalue weighted by molar-refractivity contribution is -0.274. The molecular weight excluding hydrogens is 291 g/mol. The molecule has 1 heterocycles. The molecule has 5 nitrogen and oxygen atoms in total. The van der Waals surface area contributed by atoms with Crippen LogP contribution in [0.25, 0.3) is 11.3 Å². The van der Waals surface area contributed by atoms with Gasteiger partial charge in [0.15, 0.2) is 0 Å². The summed E-state index contributed by atoms with van der Waals surface area (Å²) in [5, 5.41) is 12.5. The van der Waals surface area contributed by atoms with Crippen molar-refractivity contribution >= 4 is 5.97 Å². The van der Waals surface area contributed by atoms with Crippen molar-refractivity contribution in [3.8, 4) is 17.0 Å². The van der Waals surface area contributed by atoms with Crippen LogP contribution in [0.4, 0.5) is 13.2 Å². The van der Waals surface area contributed by atoms with Gasteiger partial charge < -0.3 is 14.4 Å². The van der Waals surface area contributed by atoms with E-state index in [4.69, 9.17) is 9.63 Å². The Bertz CT molecular complexity index is 664. The van der Waals surface area contributed by atoms with Gasteiger partial charge in [-0.25, -0.2) is 0 Å². The van der Waals surface area contributed by atoms with E-state index >= 15 is 0 Å². The van der Waals surface area contributed by atoms with Crippen LogP contribution in [0.2, 0.25) is 0 Å². The summed E-state index contributed by atoms with van der Waals surface area (Å²) < 4.78 is 45.3. The summed E-state index contributed by atoms with van der Waals surface area (Å²) in [6.45, 7) is 1.53. The number of halogens is 3. The molecule has 0 aliphatic heterocycles. The van der Waals surface area contributed by atoms with Crippen LogP contribution in [0.15, 0.2) is 28.8 Å². The van der Waals surface area contributed by atoms with Crippen molar-refractivity contribution in [3.63, 3.8) is 0 Å². The molecule has 2 aromatic rings. The second kappa shape index (κ2) is 5.47. The van der Waals surface area contributed by atoms with E-state index in [2.05, 4.69) is 9.89 Å². The van der Waals surface area contributed by atoms with Gasteiger partial charge in [-0.3, -0.25) is 4.79 Å². The van der Waals surface area contributed by atoms with E-state index in [1.54, 1.807) is 0 Å². The Hall–Kier alpha value is -2.51. The number of nitrogens with zero attached hydrogens (tertiary/aromatic N) is 1. The van der Waals surface area contributed by atoms with Gasteiger partial charge in [0.1, 0.15) is 17.2 Å². The van der Waals surface area contributed by atoms with E-state index < -0.39 is 18.1 Å². The van der Waals surface area contributed by atoms with Gasteiger partial charge in [-0.1, -0.05) is 17.3 Å². The summed E-state index contributed by atoms with van der Waals surface area (Å²) in [5.41, 5.74) is 0.777. The van der Waals surface area contributed by atoms with Gasteiger partial charge in [-0.05, 0) is 19.1 Å². The molecular formula is C13H10F3NO4. The molecule has 0 saturated carbocycles. The molecule has 0 spiro atoms. The van der Waals surface area contributed by atoms with E-state index in [0.29, 0.717) is 11.3 Å². The number of aromatic nitrogens is 1. The molecule has 0 unspecified atom stereocenters. The predicted molar refractivity (Wildman–Crippen MR) is 64.7 cm³/mol. The molecule has 1 aromatic heterocycles. The number of ether oxygens (including phenoxy) is 1. The monoisotopic (exact) mass is 301 g/mol. The molecule has 1 N–H and O–H groups in total. The van der Waals surface area contributed by atoms with E-state index in [-0.39, 0.29) is 17.7 Å². The number of carbonyl (C=O) groups is 1. The van der Waals surface area contributed by atoms with Crippen molar-refractivity contribution < 1.29 is 32.3 Å². The normalized spacial score (nSPS) is 11.4. The van der Waals surface area contributed by atoms with Crippen molar-refractivity contribution in [1.82, 2.24) is 5.16 Å². The fraction of sp³-hybridized carbons (Fsp3) is 0.231. The minimum atomic E-state index is -4.80. The lowest BCUT2D eigenvalue weighted by Crippen LogP contribution is -2.17. The molecule has 1 aromatic carbocycles. The molecule has 0 amide bonds. The van der Waals surface area contributed by atoms with E-state index in [1.165, 1.54) is 19.1 Å². The van der Waals surface area contributed by atoms with Crippen molar-refractivity contribution in [1.29, 1.82) is 0 Å². The van der Waals surface area contributed by atoms with Crippen LogP contribution in [0.5, 0.6) is 5.75 Å². The van der Waals surface area contributed by atoms with Gasteiger partial charge in [0.05, 0.1) is 6.42 Å². The van der Waals surface area contributed by atoms with Gasteiger partial charge in [-0.15, -0.1) is 13.2 Å². The van der Waals surface area contributed by atoms with Crippen LogP contribution < -0.4 is 4.74 Å². The van der Waals surface area contributed by atoms with E-state index in [9.17, 15) is 18.0 Å². The molecule has 112 valence electrons. The van der Waals surface area contributed by atoms with Crippen molar-refractivity contribution in [3.05, 3.63) is 35.6 Å².